The summed E-state index contributed by atoms with van der Waals surface area (Å²) in [5, 5.41) is 4.51. The van der Waals surface area contributed by atoms with E-state index in [0.717, 1.165) is 42.3 Å². The lowest BCUT2D eigenvalue weighted by molar-refractivity contribution is 0.0753. The summed E-state index contributed by atoms with van der Waals surface area (Å²) in [6.45, 7) is 5.22. The molecule has 0 amide bonds. The van der Waals surface area contributed by atoms with E-state index >= 15 is 0 Å². The smallest absolute Gasteiger partial charge is 0.266 e. The highest BCUT2D eigenvalue weighted by Gasteiger charge is 2.27. The molecule has 0 N–H and O–H groups in total. The van der Waals surface area contributed by atoms with Crippen molar-refractivity contribution >= 4 is 0 Å². The molecule has 7 nitrogen and oxygen atoms in total. The number of likely N-dealkylation sites (tertiary alicyclic amines) is 1. The summed E-state index contributed by atoms with van der Waals surface area (Å²) in [6, 6.07) is 7.13. The highest BCUT2D eigenvalue weighted by Crippen LogP contribution is 2.19. The van der Waals surface area contributed by atoms with Gasteiger partial charge in [-0.05, 0) is 25.1 Å². The predicted molar refractivity (Wildman–Crippen MR) is 97.3 cm³/mol. The average molecular weight is 348 g/mol. The highest BCUT2D eigenvalue weighted by atomic mass is 16.1. The number of nitrogens with zero attached hydrogens (tertiary/aromatic N) is 6. The van der Waals surface area contributed by atoms with Crippen molar-refractivity contribution < 1.29 is 0 Å². The Morgan fingerprint density at radius 1 is 1.12 bits per heavy atom. The predicted octanol–water partition coefficient (Wildman–Crippen LogP) is 1.54. The Labute approximate surface area is 151 Å². The van der Waals surface area contributed by atoms with Gasteiger partial charge < -0.3 is 0 Å². The summed E-state index contributed by atoms with van der Waals surface area (Å²) in [5.41, 5.74) is 3.51. The van der Waals surface area contributed by atoms with Crippen molar-refractivity contribution in [2.24, 2.45) is 5.92 Å². The number of pyridine rings is 1. The summed E-state index contributed by atoms with van der Waals surface area (Å²) in [4.78, 5) is 27.2. The van der Waals surface area contributed by atoms with E-state index in [4.69, 9.17) is 0 Å². The molecule has 132 valence electrons. The summed E-state index contributed by atoms with van der Waals surface area (Å²) in [5.74, 6) is 0.419. The van der Waals surface area contributed by atoms with Crippen molar-refractivity contribution in [2.75, 3.05) is 13.1 Å². The number of rotatable bonds is 5. The molecule has 1 aliphatic heterocycles. The van der Waals surface area contributed by atoms with Crippen LogP contribution < -0.4 is 5.56 Å². The van der Waals surface area contributed by atoms with Crippen LogP contribution in [0.15, 0.2) is 53.8 Å². The molecule has 3 aromatic heterocycles. The Morgan fingerprint density at radius 2 is 2.00 bits per heavy atom. The lowest BCUT2D eigenvalue weighted by Crippen LogP contribution is -2.49. The second-order valence-electron chi connectivity index (χ2n) is 6.69. The lowest BCUT2D eigenvalue weighted by Gasteiger charge is -2.38. The van der Waals surface area contributed by atoms with Crippen molar-refractivity contribution in [1.29, 1.82) is 0 Å². The first kappa shape index (κ1) is 16.5. The van der Waals surface area contributed by atoms with Gasteiger partial charge in [-0.2, -0.15) is 5.10 Å². The summed E-state index contributed by atoms with van der Waals surface area (Å²) in [7, 11) is 0. The minimum absolute atomic E-state index is 0.0690. The van der Waals surface area contributed by atoms with Gasteiger partial charge in [-0.25, -0.2) is 4.68 Å². The molecule has 0 aromatic carbocycles. The maximum Gasteiger partial charge on any atom is 0.266 e. The second kappa shape index (κ2) is 7.13. The molecule has 0 aliphatic carbocycles. The SMILES string of the molecule is Cc1cnc(CN2CC(Cn3nc(-c4cccnc4)ccc3=O)C2)cn1. The summed E-state index contributed by atoms with van der Waals surface area (Å²) >= 11 is 0. The molecule has 0 spiro atoms. The van der Waals surface area contributed by atoms with Gasteiger partial charge >= 0.3 is 0 Å². The van der Waals surface area contributed by atoms with E-state index in [1.54, 1.807) is 35.4 Å². The molecule has 0 saturated carbocycles. The monoisotopic (exact) mass is 348 g/mol. The van der Waals surface area contributed by atoms with E-state index in [1.165, 1.54) is 0 Å². The minimum Gasteiger partial charge on any atom is -0.297 e. The average Bonchev–Trinajstić information content (AvgIpc) is 2.64. The van der Waals surface area contributed by atoms with Gasteiger partial charge in [0.1, 0.15) is 0 Å². The Kier molecular flexibility index (Phi) is 4.53. The van der Waals surface area contributed by atoms with Gasteiger partial charge in [-0.15, -0.1) is 0 Å². The maximum absolute atomic E-state index is 12.1. The zero-order chi connectivity index (χ0) is 17.9. The van der Waals surface area contributed by atoms with Crippen LogP contribution in [0, 0.1) is 12.8 Å². The summed E-state index contributed by atoms with van der Waals surface area (Å²) in [6.07, 6.45) is 7.10. The normalized spacial score (nSPS) is 15.0. The number of aromatic nitrogens is 5. The van der Waals surface area contributed by atoms with Crippen molar-refractivity contribution in [3.63, 3.8) is 0 Å². The number of hydrogen-bond acceptors (Lipinski definition) is 6. The van der Waals surface area contributed by atoms with Crippen LogP contribution in [-0.2, 0) is 13.1 Å². The molecule has 0 bridgehead atoms. The zero-order valence-corrected chi connectivity index (χ0v) is 14.6. The van der Waals surface area contributed by atoms with Crippen LogP contribution in [0.25, 0.3) is 11.3 Å². The van der Waals surface area contributed by atoms with Crippen molar-refractivity contribution in [3.05, 3.63) is 70.8 Å². The Hall–Kier alpha value is -2.93. The van der Waals surface area contributed by atoms with Crippen molar-refractivity contribution in [3.8, 4) is 11.3 Å². The molecule has 1 saturated heterocycles. The van der Waals surface area contributed by atoms with Gasteiger partial charge in [-0.1, -0.05) is 0 Å². The van der Waals surface area contributed by atoms with E-state index < -0.39 is 0 Å². The highest BCUT2D eigenvalue weighted by molar-refractivity contribution is 5.56. The van der Waals surface area contributed by atoms with Crippen LogP contribution in [0.5, 0.6) is 0 Å². The topological polar surface area (TPSA) is 76.8 Å². The fourth-order valence-electron chi connectivity index (χ4n) is 3.14. The molecule has 1 aliphatic rings. The van der Waals surface area contributed by atoms with Crippen molar-refractivity contribution in [2.45, 2.75) is 20.0 Å². The molecule has 26 heavy (non-hydrogen) atoms. The minimum atomic E-state index is -0.0690. The molecule has 1 fully saturated rings. The molecule has 0 radical (unpaired) electrons. The third kappa shape index (κ3) is 3.67. The van der Waals surface area contributed by atoms with Gasteiger partial charge in [0.05, 0.1) is 23.6 Å². The van der Waals surface area contributed by atoms with Gasteiger partial charge in [0.25, 0.3) is 5.56 Å². The Balaban J connectivity index is 1.38. The van der Waals surface area contributed by atoms with Gasteiger partial charge in [0.15, 0.2) is 0 Å². The van der Waals surface area contributed by atoms with E-state index in [1.807, 2.05) is 25.3 Å². The molecule has 4 rings (SSSR count). The first-order valence-electron chi connectivity index (χ1n) is 8.66. The van der Waals surface area contributed by atoms with Crippen LogP contribution in [-0.4, -0.2) is 42.7 Å². The molecule has 0 unspecified atom stereocenters. The third-order valence-electron chi connectivity index (χ3n) is 4.51. The first-order chi connectivity index (χ1) is 12.7. The fourth-order valence-corrected chi connectivity index (χ4v) is 3.14. The molecule has 3 aromatic rings. The van der Waals surface area contributed by atoms with Crippen LogP contribution in [0.3, 0.4) is 0 Å². The Morgan fingerprint density at radius 3 is 2.73 bits per heavy atom. The zero-order valence-electron chi connectivity index (χ0n) is 14.6. The Bertz CT molecular complexity index is 932. The molecule has 4 heterocycles. The van der Waals surface area contributed by atoms with Crippen LogP contribution in [0.2, 0.25) is 0 Å². The number of hydrogen-bond donors (Lipinski definition) is 0. The standard InChI is InChI=1S/C19H20N6O/c1-14-7-22-17(9-21-14)13-24-10-15(11-24)12-25-19(26)5-4-18(23-25)16-3-2-6-20-8-16/h2-9,15H,10-13H2,1H3. The van der Waals surface area contributed by atoms with Gasteiger partial charge in [-0.3, -0.25) is 24.6 Å². The summed E-state index contributed by atoms with van der Waals surface area (Å²) < 4.78 is 1.57. The van der Waals surface area contributed by atoms with E-state index in [2.05, 4.69) is 25.0 Å². The van der Waals surface area contributed by atoms with Gasteiger partial charge in [0, 0.05) is 62.0 Å². The molecular formula is C19H20N6O. The third-order valence-corrected chi connectivity index (χ3v) is 4.51. The quantitative estimate of drug-likeness (QED) is 0.696. The maximum atomic E-state index is 12.1. The van der Waals surface area contributed by atoms with Crippen LogP contribution in [0.4, 0.5) is 0 Å². The second-order valence-corrected chi connectivity index (χ2v) is 6.69. The largest absolute Gasteiger partial charge is 0.297 e. The van der Waals surface area contributed by atoms with Crippen molar-refractivity contribution in [1.82, 2.24) is 29.6 Å². The van der Waals surface area contributed by atoms with E-state index in [9.17, 15) is 4.79 Å². The number of aryl methyl sites for hydroxylation is 1. The van der Waals surface area contributed by atoms with Crippen LogP contribution >= 0.6 is 0 Å². The molecule has 7 heteroatoms. The van der Waals surface area contributed by atoms with E-state index in [0.29, 0.717) is 12.5 Å². The fraction of sp³-hybridized carbons (Fsp3) is 0.316. The van der Waals surface area contributed by atoms with E-state index in [-0.39, 0.29) is 5.56 Å². The van der Waals surface area contributed by atoms with Gasteiger partial charge in [0.2, 0.25) is 0 Å². The first-order valence-corrected chi connectivity index (χ1v) is 8.66. The van der Waals surface area contributed by atoms with Crippen LogP contribution in [0.1, 0.15) is 11.4 Å². The molecule has 0 atom stereocenters. The lowest BCUT2D eigenvalue weighted by atomic mass is 10.00. The molecular weight excluding hydrogens is 328 g/mol.